The van der Waals surface area contributed by atoms with Gasteiger partial charge in [0.05, 0.1) is 21.2 Å². The Kier molecular flexibility index (Phi) is 8.32. The number of carbonyl (C=O) groups excluding carboxylic acids is 1. The summed E-state index contributed by atoms with van der Waals surface area (Å²) in [5.41, 5.74) is -0.866. The van der Waals surface area contributed by atoms with E-state index < -0.39 is 34.3 Å². The maximum Gasteiger partial charge on any atom is 0.416 e. The Morgan fingerprint density at radius 1 is 0.846 bits per heavy atom. The predicted octanol–water partition coefficient (Wildman–Crippen LogP) is 6.97. The average molecular weight is 577 g/mol. The number of sulfonamides is 1. The SMILES string of the molecule is O=C(COc1ccc(S(=O)(=O)Nc2cccc(C(F)(F)F)c2)cc1Cl)Nc1ccccc1Oc1ccccc1. The van der Waals surface area contributed by atoms with Gasteiger partial charge in [-0.15, -0.1) is 0 Å². The van der Waals surface area contributed by atoms with E-state index in [-0.39, 0.29) is 21.4 Å². The maximum atomic E-state index is 12.9. The summed E-state index contributed by atoms with van der Waals surface area (Å²) in [6.45, 7) is -0.450. The number of hydrogen-bond acceptors (Lipinski definition) is 5. The van der Waals surface area contributed by atoms with Gasteiger partial charge in [0.1, 0.15) is 11.5 Å². The lowest BCUT2D eigenvalue weighted by molar-refractivity contribution is -0.137. The Hall–Kier alpha value is -4.22. The number of nitrogens with one attached hydrogen (secondary N) is 2. The standard InChI is InChI=1S/C27H20ClF3N2O5S/c28-22-16-21(39(35,36)33-19-8-6-7-18(15-19)27(29,30)31)13-14-24(22)37-17-26(34)32-23-11-4-5-12-25(23)38-20-9-2-1-3-10-20/h1-16,33H,17H2,(H,32,34). The van der Waals surface area contributed by atoms with Crippen molar-refractivity contribution >= 4 is 38.9 Å². The summed E-state index contributed by atoms with van der Waals surface area (Å²) in [6.07, 6.45) is -4.63. The molecule has 12 heteroatoms. The predicted molar refractivity (Wildman–Crippen MR) is 141 cm³/mol. The zero-order valence-corrected chi connectivity index (χ0v) is 21.5. The molecule has 4 aromatic carbocycles. The number of amides is 1. The van der Waals surface area contributed by atoms with Gasteiger partial charge in [-0.2, -0.15) is 13.2 Å². The molecular formula is C27H20ClF3N2O5S. The fourth-order valence-corrected chi connectivity index (χ4v) is 4.72. The number of anilines is 2. The first-order valence-corrected chi connectivity index (χ1v) is 13.1. The summed E-state index contributed by atoms with van der Waals surface area (Å²) in [5.74, 6) is 0.495. The molecule has 0 aliphatic heterocycles. The molecule has 0 saturated carbocycles. The van der Waals surface area contributed by atoms with Gasteiger partial charge < -0.3 is 14.8 Å². The molecule has 0 aliphatic carbocycles. The Morgan fingerprint density at radius 3 is 2.28 bits per heavy atom. The van der Waals surface area contributed by atoms with Crippen LogP contribution >= 0.6 is 11.6 Å². The van der Waals surface area contributed by atoms with Crippen LogP contribution in [0, 0.1) is 0 Å². The highest BCUT2D eigenvalue weighted by Gasteiger charge is 2.30. The van der Waals surface area contributed by atoms with Crippen molar-refractivity contribution in [3.63, 3.8) is 0 Å². The quantitative estimate of drug-likeness (QED) is 0.224. The topological polar surface area (TPSA) is 93.7 Å². The highest BCUT2D eigenvalue weighted by molar-refractivity contribution is 7.92. The van der Waals surface area contributed by atoms with Crippen LogP contribution in [0.15, 0.2) is 102 Å². The van der Waals surface area contributed by atoms with Crippen LogP contribution in [0.25, 0.3) is 0 Å². The first-order valence-electron chi connectivity index (χ1n) is 11.3. The number of hydrogen-bond donors (Lipinski definition) is 2. The lowest BCUT2D eigenvalue weighted by Crippen LogP contribution is -2.20. The Labute approximate surface area is 227 Å². The normalized spacial score (nSPS) is 11.5. The summed E-state index contributed by atoms with van der Waals surface area (Å²) in [7, 11) is -4.27. The minimum Gasteiger partial charge on any atom is -0.482 e. The van der Waals surface area contributed by atoms with E-state index in [0.717, 1.165) is 24.3 Å². The van der Waals surface area contributed by atoms with E-state index in [9.17, 15) is 26.4 Å². The number of carbonyl (C=O) groups is 1. The molecule has 2 N–H and O–H groups in total. The van der Waals surface area contributed by atoms with Gasteiger partial charge >= 0.3 is 6.18 Å². The molecule has 0 atom stereocenters. The van der Waals surface area contributed by atoms with Gasteiger partial charge in [0.15, 0.2) is 12.4 Å². The molecule has 1 amide bonds. The highest BCUT2D eigenvalue weighted by atomic mass is 35.5. The second-order valence-electron chi connectivity index (χ2n) is 8.02. The summed E-state index contributed by atoms with van der Waals surface area (Å²) >= 11 is 6.16. The van der Waals surface area contributed by atoms with E-state index >= 15 is 0 Å². The molecule has 0 spiro atoms. The molecule has 4 rings (SSSR count). The fraction of sp³-hybridized carbons (Fsp3) is 0.0741. The van der Waals surface area contributed by atoms with E-state index in [1.807, 2.05) is 18.2 Å². The van der Waals surface area contributed by atoms with Crippen molar-refractivity contribution < 1.29 is 35.9 Å². The molecular weight excluding hydrogens is 557 g/mol. The Balaban J connectivity index is 1.39. The molecule has 0 saturated heterocycles. The smallest absolute Gasteiger partial charge is 0.416 e. The number of para-hydroxylation sites is 3. The zero-order chi connectivity index (χ0) is 28.0. The number of rotatable bonds is 9. The van der Waals surface area contributed by atoms with Crippen LogP contribution < -0.4 is 19.5 Å². The van der Waals surface area contributed by atoms with Crippen molar-refractivity contribution in [2.45, 2.75) is 11.1 Å². The Bertz CT molecular complexity index is 1580. The van der Waals surface area contributed by atoms with E-state index in [4.69, 9.17) is 21.1 Å². The third-order valence-electron chi connectivity index (χ3n) is 5.15. The van der Waals surface area contributed by atoms with Gasteiger partial charge in [0, 0.05) is 5.69 Å². The van der Waals surface area contributed by atoms with Crippen molar-refractivity contribution in [2.75, 3.05) is 16.6 Å². The molecule has 0 unspecified atom stereocenters. The average Bonchev–Trinajstić information content (AvgIpc) is 2.89. The van der Waals surface area contributed by atoms with Gasteiger partial charge in [-0.3, -0.25) is 9.52 Å². The minimum atomic E-state index is -4.63. The number of alkyl halides is 3. The molecule has 7 nitrogen and oxygen atoms in total. The van der Waals surface area contributed by atoms with Gasteiger partial charge in [0.25, 0.3) is 15.9 Å². The fourth-order valence-electron chi connectivity index (χ4n) is 3.34. The molecule has 0 fully saturated rings. The van der Waals surface area contributed by atoms with Gasteiger partial charge in [-0.25, -0.2) is 8.42 Å². The lowest BCUT2D eigenvalue weighted by atomic mass is 10.2. The second-order valence-corrected chi connectivity index (χ2v) is 10.1. The van der Waals surface area contributed by atoms with Crippen LogP contribution in [0.5, 0.6) is 17.2 Å². The van der Waals surface area contributed by atoms with Crippen LogP contribution in [0.3, 0.4) is 0 Å². The first-order chi connectivity index (χ1) is 18.5. The van der Waals surface area contributed by atoms with Crippen molar-refractivity contribution in [3.8, 4) is 17.2 Å². The second kappa shape index (κ2) is 11.7. The van der Waals surface area contributed by atoms with Crippen molar-refractivity contribution in [1.82, 2.24) is 0 Å². The highest BCUT2D eigenvalue weighted by Crippen LogP contribution is 2.33. The van der Waals surface area contributed by atoms with E-state index in [0.29, 0.717) is 23.3 Å². The number of benzene rings is 4. The lowest BCUT2D eigenvalue weighted by Gasteiger charge is -2.14. The van der Waals surface area contributed by atoms with Crippen LogP contribution in [-0.4, -0.2) is 20.9 Å². The van der Waals surface area contributed by atoms with Crippen LogP contribution in [0.2, 0.25) is 5.02 Å². The first kappa shape index (κ1) is 27.8. The number of halogens is 4. The zero-order valence-electron chi connectivity index (χ0n) is 19.9. The third-order valence-corrected chi connectivity index (χ3v) is 6.82. The maximum absolute atomic E-state index is 12.9. The van der Waals surface area contributed by atoms with Crippen LogP contribution in [0.1, 0.15) is 5.56 Å². The molecule has 4 aromatic rings. The van der Waals surface area contributed by atoms with Crippen molar-refractivity contribution in [3.05, 3.63) is 108 Å². The molecule has 0 radical (unpaired) electrons. The summed E-state index contributed by atoms with van der Waals surface area (Å²) in [6, 6.07) is 23.0. The third kappa shape index (κ3) is 7.43. The van der Waals surface area contributed by atoms with Gasteiger partial charge in [-0.05, 0) is 60.7 Å². The van der Waals surface area contributed by atoms with Crippen LogP contribution in [-0.2, 0) is 21.0 Å². The van der Waals surface area contributed by atoms with Crippen LogP contribution in [0.4, 0.5) is 24.5 Å². The molecule has 202 valence electrons. The summed E-state index contributed by atoms with van der Waals surface area (Å²) in [5, 5.41) is 2.56. The molecule has 0 bridgehead atoms. The molecule has 0 heterocycles. The number of ether oxygens (including phenoxy) is 2. The summed E-state index contributed by atoms with van der Waals surface area (Å²) in [4.78, 5) is 12.2. The largest absolute Gasteiger partial charge is 0.482 e. The van der Waals surface area contributed by atoms with E-state index in [2.05, 4.69) is 10.0 Å². The molecule has 39 heavy (non-hydrogen) atoms. The molecule has 0 aliphatic rings. The monoisotopic (exact) mass is 576 g/mol. The van der Waals surface area contributed by atoms with Crippen molar-refractivity contribution in [2.24, 2.45) is 0 Å². The van der Waals surface area contributed by atoms with E-state index in [1.165, 1.54) is 12.1 Å². The molecule has 0 aromatic heterocycles. The van der Waals surface area contributed by atoms with E-state index in [1.54, 1.807) is 36.4 Å². The minimum absolute atomic E-state index is 0.0265. The van der Waals surface area contributed by atoms with Gasteiger partial charge in [0.2, 0.25) is 0 Å². The van der Waals surface area contributed by atoms with Gasteiger partial charge in [-0.1, -0.05) is 48.0 Å². The Morgan fingerprint density at radius 2 is 1.56 bits per heavy atom. The summed E-state index contributed by atoms with van der Waals surface area (Å²) < 4.78 is 77.5. The van der Waals surface area contributed by atoms with Crippen molar-refractivity contribution in [1.29, 1.82) is 0 Å².